The molecule has 0 saturated heterocycles. The molecule has 0 fully saturated rings. The van der Waals surface area contributed by atoms with Crippen LogP contribution in [0.3, 0.4) is 0 Å². The molecule has 0 aliphatic carbocycles. The molecule has 1 atom stereocenters. The molecular formula is C8H8O5. The van der Waals surface area contributed by atoms with Gasteiger partial charge in [0.15, 0.2) is 6.10 Å². The number of hydrogen-bond donors (Lipinski definition) is 4. The van der Waals surface area contributed by atoms with E-state index in [2.05, 4.69) is 0 Å². The van der Waals surface area contributed by atoms with Crippen LogP contribution in [0.25, 0.3) is 0 Å². The second-order valence-corrected chi connectivity index (χ2v) is 2.48. The van der Waals surface area contributed by atoms with E-state index in [4.69, 9.17) is 20.4 Å². The number of phenols is 2. The van der Waals surface area contributed by atoms with Gasteiger partial charge in [-0.15, -0.1) is 0 Å². The third-order valence-corrected chi connectivity index (χ3v) is 1.54. The predicted molar refractivity (Wildman–Crippen MR) is 42.4 cm³/mol. The number of aliphatic hydroxyl groups excluding tert-OH is 1. The van der Waals surface area contributed by atoms with Crippen molar-refractivity contribution in [2.45, 2.75) is 6.10 Å². The maximum Gasteiger partial charge on any atom is 0.337 e. The molecule has 0 aliphatic rings. The van der Waals surface area contributed by atoms with Crippen LogP contribution in [0.15, 0.2) is 18.2 Å². The van der Waals surface area contributed by atoms with E-state index in [1.807, 2.05) is 0 Å². The second kappa shape index (κ2) is 3.32. The Morgan fingerprint density at radius 2 is 1.92 bits per heavy atom. The van der Waals surface area contributed by atoms with Crippen LogP contribution in [0.4, 0.5) is 0 Å². The fourth-order valence-electron chi connectivity index (χ4n) is 0.894. The van der Waals surface area contributed by atoms with Gasteiger partial charge in [0.05, 0.1) is 0 Å². The van der Waals surface area contributed by atoms with Crippen LogP contribution in [-0.4, -0.2) is 26.4 Å². The van der Waals surface area contributed by atoms with Crippen LogP contribution < -0.4 is 0 Å². The Hall–Kier alpha value is -1.75. The third kappa shape index (κ3) is 1.88. The number of aliphatic hydroxyl groups is 1. The van der Waals surface area contributed by atoms with Gasteiger partial charge >= 0.3 is 5.97 Å². The van der Waals surface area contributed by atoms with Crippen molar-refractivity contribution in [2.24, 2.45) is 0 Å². The summed E-state index contributed by atoms with van der Waals surface area (Å²) in [6, 6.07) is 3.29. The van der Waals surface area contributed by atoms with E-state index in [-0.39, 0.29) is 17.1 Å². The van der Waals surface area contributed by atoms with Gasteiger partial charge in [-0.3, -0.25) is 0 Å². The van der Waals surface area contributed by atoms with Crippen molar-refractivity contribution in [3.05, 3.63) is 23.8 Å². The summed E-state index contributed by atoms with van der Waals surface area (Å²) < 4.78 is 0. The van der Waals surface area contributed by atoms with Crippen LogP contribution in [0, 0.1) is 0 Å². The van der Waals surface area contributed by atoms with Gasteiger partial charge in [0, 0.05) is 5.56 Å². The van der Waals surface area contributed by atoms with Crippen LogP contribution in [0.2, 0.25) is 0 Å². The first kappa shape index (κ1) is 9.34. The molecule has 13 heavy (non-hydrogen) atoms. The zero-order valence-electron chi connectivity index (χ0n) is 6.51. The summed E-state index contributed by atoms with van der Waals surface area (Å²) in [5, 5.41) is 35.5. The molecule has 0 radical (unpaired) electrons. The van der Waals surface area contributed by atoms with Gasteiger partial charge in [-0.2, -0.15) is 0 Å². The summed E-state index contributed by atoms with van der Waals surface area (Å²) in [4.78, 5) is 10.3. The highest BCUT2D eigenvalue weighted by molar-refractivity contribution is 5.75. The first-order valence-electron chi connectivity index (χ1n) is 3.45. The first-order chi connectivity index (χ1) is 6.02. The van der Waals surface area contributed by atoms with Crippen molar-refractivity contribution < 1.29 is 25.2 Å². The number of rotatable bonds is 2. The molecule has 1 aromatic carbocycles. The van der Waals surface area contributed by atoms with Gasteiger partial charge in [0.25, 0.3) is 0 Å². The maximum atomic E-state index is 10.3. The Morgan fingerprint density at radius 1 is 1.31 bits per heavy atom. The molecule has 0 bridgehead atoms. The van der Waals surface area contributed by atoms with E-state index in [0.29, 0.717) is 0 Å². The van der Waals surface area contributed by atoms with E-state index >= 15 is 0 Å². The summed E-state index contributed by atoms with van der Waals surface area (Å²) in [6.07, 6.45) is -1.83. The first-order valence-corrected chi connectivity index (χ1v) is 3.45. The highest BCUT2D eigenvalue weighted by Gasteiger charge is 2.19. The number of benzene rings is 1. The highest BCUT2D eigenvalue weighted by atomic mass is 16.4. The third-order valence-electron chi connectivity index (χ3n) is 1.54. The molecule has 0 aromatic heterocycles. The Labute approximate surface area is 73.5 Å². The van der Waals surface area contributed by atoms with E-state index in [1.165, 1.54) is 6.07 Å². The predicted octanol–water partition coefficient (Wildman–Crippen LogP) is 0.216. The minimum absolute atomic E-state index is 0.215. The average Bonchev–Trinajstić information content (AvgIpc) is 2.08. The van der Waals surface area contributed by atoms with Crippen molar-refractivity contribution in [3.63, 3.8) is 0 Å². The fourth-order valence-corrected chi connectivity index (χ4v) is 0.894. The SMILES string of the molecule is O=C(O)C(O)c1cc(O)ccc1O. The summed E-state index contributed by atoms with van der Waals surface area (Å²) in [5.41, 5.74) is -0.229. The monoisotopic (exact) mass is 184 g/mol. The molecule has 70 valence electrons. The van der Waals surface area contributed by atoms with Crippen molar-refractivity contribution in [1.82, 2.24) is 0 Å². The number of carboxylic acid groups (broad SMARTS) is 1. The molecule has 0 amide bonds. The van der Waals surface area contributed by atoms with E-state index in [1.54, 1.807) is 0 Å². The lowest BCUT2D eigenvalue weighted by atomic mass is 10.1. The fraction of sp³-hybridized carbons (Fsp3) is 0.125. The number of aliphatic carboxylic acids is 1. The molecule has 0 spiro atoms. The quantitative estimate of drug-likeness (QED) is 0.493. The number of phenolic OH excluding ortho intramolecular Hbond substituents is 2. The zero-order valence-corrected chi connectivity index (χ0v) is 6.51. The van der Waals surface area contributed by atoms with E-state index in [0.717, 1.165) is 12.1 Å². The number of hydrogen-bond acceptors (Lipinski definition) is 4. The van der Waals surface area contributed by atoms with E-state index < -0.39 is 12.1 Å². The van der Waals surface area contributed by atoms with Gasteiger partial charge in [-0.1, -0.05) is 0 Å². The molecule has 5 nitrogen and oxygen atoms in total. The second-order valence-electron chi connectivity index (χ2n) is 2.48. The van der Waals surface area contributed by atoms with Gasteiger partial charge in [0.1, 0.15) is 11.5 Å². The maximum absolute atomic E-state index is 10.3. The molecule has 0 heterocycles. The zero-order chi connectivity index (χ0) is 10.0. The normalized spacial score (nSPS) is 12.4. The van der Waals surface area contributed by atoms with Crippen LogP contribution in [0.1, 0.15) is 11.7 Å². The number of carbonyl (C=O) groups is 1. The number of aromatic hydroxyl groups is 2. The molecule has 5 heteroatoms. The smallest absolute Gasteiger partial charge is 0.337 e. The van der Waals surface area contributed by atoms with Crippen molar-refractivity contribution in [1.29, 1.82) is 0 Å². The largest absolute Gasteiger partial charge is 0.508 e. The Bertz CT molecular complexity index is 333. The molecule has 0 aliphatic heterocycles. The summed E-state index contributed by atoms with van der Waals surface area (Å²) in [6.45, 7) is 0. The summed E-state index contributed by atoms with van der Waals surface area (Å²) in [7, 11) is 0. The Morgan fingerprint density at radius 3 is 2.46 bits per heavy atom. The molecule has 4 N–H and O–H groups in total. The topological polar surface area (TPSA) is 98.0 Å². The van der Waals surface area contributed by atoms with Crippen LogP contribution >= 0.6 is 0 Å². The highest BCUT2D eigenvalue weighted by Crippen LogP contribution is 2.27. The lowest BCUT2D eigenvalue weighted by Gasteiger charge is -2.07. The standard InChI is InChI=1S/C8H8O5/c9-4-1-2-6(10)5(3-4)7(11)8(12)13/h1-3,7,9-11H,(H,12,13). The molecule has 1 aromatic rings. The van der Waals surface area contributed by atoms with Crippen LogP contribution in [0.5, 0.6) is 11.5 Å². The van der Waals surface area contributed by atoms with E-state index in [9.17, 15) is 4.79 Å². The average molecular weight is 184 g/mol. The molecular weight excluding hydrogens is 176 g/mol. The minimum Gasteiger partial charge on any atom is -0.508 e. The van der Waals surface area contributed by atoms with Crippen molar-refractivity contribution in [2.75, 3.05) is 0 Å². The lowest BCUT2D eigenvalue weighted by Crippen LogP contribution is -2.10. The Kier molecular flexibility index (Phi) is 2.39. The number of carboxylic acids is 1. The molecule has 1 unspecified atom stereocenters. The summed E-state index contributed by atoms with van der Waals surface area (Å²) >= 11 is 0. The van der Waals surface area contributed by atoms with Gasteiger partial charge in [0.2, 0.25) is 0 Å². The van der Waals surface area contributed by atoms with Gasteiger partial charge < -0.3 is 20.4 Å². The van der Waals surface area contributed by atoms with Crippen LogP contribution in [-0.2, 0) is 4.79 Å². The van der Waals surface area contributed by atoms with Gasteiger partial charge in [-0.25, -0.2) is 4.79 Å². The minimum atomic E-state index is -1.83. The molecule has 1 rings (SSSR count). The van der Waals surface area contributed by atoms with Crippen molar-refractivity contribution in [3.8, 4) is 11.5 Å². The molecule has 0 saturated carbocycles. The Balaban J connectivity index is 3.12. The lowest BCUT2D eigenvalue weighted by molar-refractivity contribution is -0.147. The van der Waals surface area contributed by atoms with Crippen molar-refractivity contribution >= 4 is 5.97 Å². The summed E-state index contributed by atoms with van der Waals surface area (Å²) in [5.74, 6) is -2.07. The van der Waals surface area contributed by atoms with Gasteiger partial charge in [-0.05, 0) is 18.2 Å².